The fraction of sp³-hybridized carbons (Fsp3) is 0.250. The van der Waals surface area contributed by atoms with Crippen LogP contribution in [-0.4, -0.2) is 36.0 Å². The van der Waals surface area contributed by atoms with Crippen LogP contribution in [0.15, 0.2) is 48.5 Å². The van der Waals surface area contributed by atoms with Crippen molar-refractivity contribution in [3.8, 4) is 0 Å². The molecule has 0 fully saturated rings. The molecule has 0 aliphatic carbocycles. The second-order valence-electron chi connectivity index (χ2n) is 6.35. The lowest BCUT2D eigenvalue weighted by Gasteiger charge is -2.26. The quantitative estimate of drug-likeness (QED) is 0.862. The Bertz CT molecular complexity index is 848. The molecule has 26 heavy (non-hydrogen) atoms. The maximum atomic E-state index is 12.5. The number of carbonyl (C=O) groups excluding carboxylic acids is 2. The van der Waals surface area contributed by atoms with E-state index < -0.39 is 17.9 Å². The molecule has 2 aromatic carbocycles. The Morgan fingerprint density at radius 1 is 1.15 bits per heavy atom. The van der Waals surface area contributed by atoms with Gasteiger partial charge in [0.05, 0.1) is 0 Å². The van der Waals surface area contributed by atoms with Crippen LogP contribution in [0.5, 0.6) is 0 Å². The summed E-state index contributed by atoms with van der Waals surface area (Å²) in [6, 6.07) is 13.2. The molecule has 0 radical (unpaired) electrons. The highest BCUT2D eigenvalue weighted by atomic mass is 16.4. The van der Waals surface area contributed by atoms with Crippen molar-refractivity contribution >= 4 is 23.5 Å². The molecule has 2 amide bonds. The maximum absolute atomic E-state index is 12.5. The van der Waals surface area contributed by atoms with Crippen molar-refractivity contribution in [3.05, 3.63) is 65.2 Å². The second kappa shape index (κ2) is 7.39. The van der Waals surface area contributed by atoms with E-state index in [0.29, 0.717) is 18.4 Å². The molecule has 0 saturated carbocycles. The van der Waals surface area contributed by atoms with Crippen molar-refractivity contribution in [3.63, 3.8) is 0 Å². The van der Waals surface area contributed by atoms with Gasteiger partial charge in [0.15, 0.2) is 0 Å². The van der Waals surface area contributed by atoms with Crippen molar-refractivity contribution in [2.75, 3.05) is 11.9 Å². The van der Waals surface area contributed by atoms with Gasteiger partial charge >= 0.3 is 5.97 Å². The van der Waals surface area contributed by atoms with Crippen molar-refractivity contribution in [2.45, 2.75) is 25.3 Å². The Hall–Kier alpha value is -3.15. The minimum absolute atomic E-state index is 0.0449. The largest absolute Gasteiger partial charge is 0.480 e. The van der Waals surface area contributed by atoms with E-state index in [0.717, 1.165) is 16.8 Å². The molecule has 2 N–H and O–H groups in total. The number of amides is 2. The Kier molecular flexibility index (Phi) is 5.02. The third-order valence-corrected chi connectivity index (χ3v) is 4.57. The van der Waals surface area contributed by atoms with E-state index in [2.05, 4.69) is 5.32 Å². The molecule has 134 valence electrons. The van der Waals surface area contributed by atoms with Gasteiger partial charge in [0.25, 0.3) is 5.91 Å². The van der Waals surface area contributed by atoms with Crippen LogP contribution in [0.1, 0.15) is 27.9 Å². The molecule has 1 aliphatic heterocycles. The minimum atomic E-state index is -1.08. The molecule has 1 heterocycles. The molecule has 1 atom stereocenters. The van der Waals surface area contributed by atoms with Crippen molar-refractivity contribution in [1.82, 2.24) is 5.32 Å². The van der Waals surface area contributed by atoms with E-state index in [9.17, 15) is 19.5 Å². The topological polar surface area (TPSA) is 86.7 Å². The summed E-state index contributed by atoms with van der Waals surface area (Å²) in [5, 5.41) is 12.0. The fourth-order valence-electron chi connectivity index (χ4n) is 3.09. The smallest absolute Gasteiger partial charge is 0.326 e. The lowest BCUT2D eigenvalue weighted by atomic mass is 9.98. The van der Waals surface area contributed by atoms with Crippen LogP contribution in [0.25, 0.3) is 0 Å². The summed E-state index contributed by atoms with van der Waals surface area (Å²) in [7, 11) is 1.71. The number of aliphatic carboxylic acids is 1. The molecular weight excluding hydrogens is 332 g/mol. The van der Waals surface area contributed by atoms with Gasteiger partial charge in [-0.05, 0) is 35.7 Å². The molecule has 6 nitrogen and oxygen atoms in total. The summed E-state index contributed by atoms with van der Waals surface area (Å²) < 4.78 is 0. The first-order valence-corrected chi connectivity index (χ1v) is 8.43. The summed E-state index contributed by atoms with van der Waals surface area (Å²) in [5.41, 5.74) is 2.93. The number of carbonyl (C=O) groups is 3. The van der Waals surface area contributed by atoms with Gasteiger partial charge in [0.2, 0.25) is 5.91 Å². The Morgan fingerprint density at radius 3 is 2.58 bits per heavy atom. The van der Waals surface area contributed by atoms with Crippen molar-refractivity contribution < 1.29 is 19.5 Å². The third kappa shape index (κ3) is 3.74. The van der Waals surface area contributed by atoms with Gasteiger partial charge in [-0.1, -0.05) is 30.3 Å². The monoisotopic (exact) mass is 352 g/mol. The van der Waals surface area contributed by atoms with Gasteiger partial charge in [-0.15, -0.1) is 0 Å². The highest BCUT2D eigenvalue weighted by Gasteiger charge is 2.24. The van der Waals surface area contributed by atoms with Gasteiger partial charge in [0.1, 0.15) is 6.04 Å². The van der Waals surface area contributed by atoms with Crippen LogP contribution in [0.4, 0.5) is 5.69 Å². The van der Waals surface area contributed by atoms with Gasteiger partial charge in [-0.2, -0.15) is 0 Å². The first-order valence-electron chi connectivity index (χ1n) is 8.43. The summed E-state index contributed by atoms with van der Waals surface area (Å²) in [6.07, 6.45) is 1.19. The van der Waals surface area contributed by atoms with Crippen LogP contribution in [0.2, 0.25) is 0 Å². The van der Waals surface area contributed by atoms with E-state index in [1.807, 2.05) is 30.3 Å². The molecule has 2 aromatic rings. The first kappa shape index (κ1) is 17.7. The van der Waals surface area contributed by atoms with Crippen LogP contribution in [-0.2, 0) is 22.4 Å². The van der Waals surface area contributed by atoms with Gasteiger partial charge in [-0.3, -0.25) is 9.59 Å². The zero-order valence-electron chi connectivity index (χ0n) is 14.4. The highest BCUT2D eigenvalue weighted by Crippen LogP contribution is 2.27. The van der Waals surface area contributed by atoms with E-state index in [1.54, 1.807) is 30.1 Å². The van der Waals surface area contributed by atoms with Crippen LogP contribution in [0, 0.1) is 0 Å². The fourth-order valence-corrected chi connectivity index (χ4v) is 3.09. The summed E-state index contributed by atoms with van der Waals surface area (Å²) >= 11 is 0. The average molecular weight is 352 g/mol. The van der Waals surface area contributed by atoms with E-state index in [4.69, 9.17) is 0 Å². The number of hydrogen-bond acceptors (Lipinski definition) is 3. The van der Waals surface area contributed by atoms with Gasteiger partial charge in [0, 0.05) is 31.1 Å². The minimum Gasteiger partial charge on any atom is -0.480 e. The molecule has 6 heteroatoms. The first-order chi connectivity index (χ1) is 12.5. The molecule has 0 unspecified atom stereocenters. The van der Waals surface area contributed by atoms with Crippen molar-refractivity contribution in [1.29, 1.82) is 0 Å². The lowest BCUT2D eigenvalue weighted by molar-refractivity contribution is -0.139. The number of nitrogens with zero attached hydrogens (tertiary/aromatic N) is 1. The lowest BCUT2D eigenvalue weighted by Crippen LogP contribution is -2.42. The van der Waals surface area contributed by atoms with E-state index in [1.165, 1.54) is 0 Å². The molecule has 0 spiro atoms. The molecule has 1 aliphatic rings. The van der Waals surface area contributed by atoms with Crippen LogP contribution in [0.3, 0.4) is 0 Å². The number of carboxylic acids is 1. The number of carboxylic acid groups (broad SMARTS) is 1. The highest BCUT2D eigenvalue weighted by molar-refractivity contribution is 6.00. The molecular formula is C20H20N2O4. The van der Waals surface area contributed by atoms with Crippen LogP contribution < -0.4 is 10.2 Å². The van der Waals surface area contributed by atoms with Gasteiger partial charge < -0.3 is 15.3 Å². The summed E-state index contributed by atoms with van der Waals surface area (Å²) in [5.74, 6) is -1.47. The normalized spacial score (nSPS) is 14.5. The number of fused-ring (bicyclic) bond motifs is 1. The summed E-state index contributed by atoms with van der Waals surface area (Å²) in [6.45, 7) is 0. The Balaban J connectivity index is 1.76. The zero-order chi connectivity index (χ0) is 18.7. The number of aryl methyl sites for hydroxylation is 1. The predicted molar refractivity (Wildman–Crippen MR) is 97.2 cm³/mol. The number of rotatable bonds is 5. The number of hydrogen-bond donors (Lipinski definition) is 2. The molecule has 0 saturated heterocycles. The number of anilines is 1. The van der Waals surface area contributed by atoms with Gasteiger partial charge in [-0.25, -0.2) is 4.79 Å². The third-order valence-electron chi connectivity index (χ3n) is 4.57. The maximum Gasteiger partial charge on any atom is 0.326 e. The SMILES string of the molecule is CN1C(=O)CCc2cc(C(=O)N[C@H](Cc3ccccc3)C(=O)O)ccc21. The predicted octanol–water partition coefficient (Wildman–Crippen LogP) is 2.02. The van der Waals surface area contributed by atoms with E-state index >= 15 is 0 Å². The Morgan fingerprint density at radius 2 is 1.88 bits per heavy atom. The van der Waals surface area contributed by atoms with Crippen molar-refractivity contribution in [2.24, 2.45) is 0 Å². The molecule has 0 aromatic heterocycles. The zero-order valence-corrected chi connectivity index (χ0v) is 14.4. The second-order valence-corrected chi connectivity index (χ2v) is 6.35. The number of benzene rings is 2. The van der Waals surface area contributed by atoms with E-state index in [-0.39, 0.29) is 12.3 Å². The molecule has 3 rings (SSSR count). The van der Waals surface area contributed by atoms with Crippen LogP contribution >= 0.6 is 0 Å². The Labute approximate surface area is 151 Å². The standard InChI is InChI=1S/C20H20N2O4/c1-22-17-9-7-15(12-14(17)8-10-18(22)23)19(24)21-16(20(25)26)11-13-5-3-2-4-6-13/h2-7,9,12,16H,8,10-11H2,1H3,(H,21,24)(H,25,26)/t16-/m1/s1. The molecule has 0 bridgehead atoms. The number of nitrogens with one attached hydrogen (secondary N) is 1. The average Bonchev–Trinajstić information content (AvgIpc) is 2.64. The summed E-state index contributed by atoms with van der Waals surface area (Å²) in [4.78, 5) is 37.4.